The van der Waals surface area contributed by atoms with E-state index in [4.69, 9.17) is 4.74 Å². The number of nitrogens with one attached hydrogen (secondary N) is 1. The quantitative estimate of drug-likeness (QED) is 0.762. The highest BCUT2D eigenvalue weighted by molar-refractivity contribution is 6.00. The smallest absolute Gasteiger partial charge is 0.329 e. The summed E-state index contributed by atoms with van der Waals surface area (Å²) in [5.74, 6) is -1.04. The molecule has 1 saturated carbocycles. The van der Waals surface area contributed by atoms with E-state index in [1.807, 2.05) is 6.92 Å². The third kappa shape index (κ3) is 3.61. The van der Waals surface area contributed by atoms with Crippen LogP contribution in [-0.2, 0) is 11.3 Å². The lowest BCUT2D eigenvalue weighted by molar-refractivity contribution is -0.144. The maximum absolute atomic E-state index is 13.1. The van der Waals surface area contributed by atoms with E-state index in [1.165, 1.54) is 0 Å². The van der Waals surface area contributed by atoms with Crippen LogP contribution in [0, 0.1) is 0 Å². The molecule has 2 N–H and O–H groups in total. The average molecular weight is 386 g/mol. The van der Waals surface area contributed by atoms with Crippen LogP contribution < -0.4 is 15.6 Å². The summed E-state index contributed by atoms with van der Waals surface area (Å²) in [5, 5.41) is 13.0. The largest absolute Gasteiger partial charge is 0.497 e. The predicted molar refractivity (Wildman–Crippen MR) is 106 cm³/mol. The number of nitrogens with zero attached hydrogens (tertiary/aromatic N) is 1. The number of ether oxygens (including phenoxy) is 1. The molecular formula is C21H26N2O5. The number of rotatable bonds is 7. The first kappa shape index (κ1) is 19.9. The van der Waals surface area contributed by atoms with Crippen LogP contribution in [0.4, 0.5) is 0 Å². The van der Waals surface area contributed by atoms with E-state index in [2.05, 4.69) is 5.32 Å². The average Bonchev–Trinajstić information content (AvgIpc) is 3.16. The van der Waals surface area contributed by atoms with Crippen LogP contribution in [0.1, 0.15) is 55.8 Å². The second kappa shape index (κ2) is 8.04. The van der Waals surface area contributed by atoms with Gasteiger partial charge in [-0.05, 0) is 42.8 Å². The first-order valence-electron chi connectivity index (χ1n) is 9.69. The molecule has 1 aliphatic carbocycles. The highest BCUT2D eigenvalue weighted by Gasteiger charge is 2.43. The van der Waals surface area contributed by atoms with Crippen LogP contribution >= 0.6 is 0 Å². The molecule has 1 fully saturated rings. The number of aliphatic carboxylic acids is 1. The van der Waals surface area contributed by atoms with Crippen molar-refractivity contribution in [3.8, 4) is 5.75 Å². The minimum Gasteiger partial charge on any atom is -0.497 e. The molecule has 3 rings (SSSR count). The van der Waals surface area contributed by atoms with E-state index in [9.17, 15) is 19.5 Å². The molecule has 0 saturated heterocycles. The number of methoxy groups -OCH3 is 1. The van der Waals surface area contributed by atoms with Gasteiger partial charge in [0.15, 0.2) is 0 Å². The molecule has 1 heterocycles. The van der Waals surface area contributed by atoms with Crippen molar-refractivity contribution in [3.05, 3.63) is 40.2 Å². The normalized spacial score (nSPS) is 15.5. The first-order valence-corrected chi connectivity index (χ1v) is 9.69. The number of carboxylic acids is 1. The Hall–Kier alpha value is -2.83. The molecule has 1 aromatic heterocycles. The zero-order chi connectivity index (χ0) is 20.3. The van der Waals surface area contributed by atoms with Crippen molar-refractivity contribution in [1.29, 1.82) is 0 Å². The van der Waals surface area contributed by atoms with Crippen LogP contribution in [0.25, 0.3) is 10.9 Å². The van der Waals surface area contributed by atoms with Crippen molar-refractivity contribution in [2.75, 3.05) is 7.11 Å². The standard InChI is InChI=1S/C21H26N2O5/c1-3-4-11-23-17-13-15(28-2)8-7-14(17)12-16(19(23)25)18(24)22-21(20(26)27)9-5-6-10-21/h7-8,12-13H,3-6,9-11H2,1-2H3,(H,22,24)(H,26,27). The van der Waals surface area contributed by atoms with Crippen LogP contribution in [0.2, 0.25) is 0 Å². The van der Waals surface area contributed by atoms with Gasteiger partial charge >= 0.3 is 5.97 Å². The maximum atomic E-state index is 13.1. The number of carboxylic acid groups (broad SMARTS) is 1. The monoisotopic (exact) mass is 386 g/mol. The Morgan fingerprint density at radius 1 is 1.25 bits per heavy atom. The first-order chi connectivity index (χ1) is 13.4. The second-order valence-corrected chi connectivity index (χ2v) is 7.34. The third-order valence-electron chi connectivity index (χ3n) is 5.50. The summed E-state index contributed by atoms with van der Waals surface area (Å²) in [6, 6.07) is 6.90. The maximum Gasteiger partial charge on any atom is 0.329 e. The van der Waals surface area contributed by atoms with E-state index in [0.29, 0.717) is 30.7 Å². The zero-order valence-corrected chi connectivity index (χ0v) is 16.3. The van der Waals surface area contributed by atoms with Gasteiger partial charge in [-0.2, -0.15) is 0 Å². The summed E-state index contributed by atoms with van der Waals surface area (Å²) in [5.41, 5.74) is -1.03. The lowest BCUT2D eigenvalue weighted by Crippen LogP contribution is -2.53. The molecule has 150 valence electrons. The van der Waals surface area contributed by atoms with Gasteiger partial charge in [-0.3, -0.25) is 9.59 Å². The number of aromatic nitrogens is 1. The van der Waals surface area contributed by atoms with Gasteiger partial charge in [-0.1, -0.05) is 26.2 Å². The summed E-state index contributed by atoms with van der Waals surface area (Å²) in [4.78, 5) is 37.8. The van der Waals surface area contributed by atoms with Crippen molar-refractivity contribution < 1.29 is 19.4 Å². The van der Waals surface area contributed by atoms with E-state index in [-0.39, 0.29) is 5.56 Å². The molecule has 0 bridgehead atoms. The minimum absolute atomic E-state index is 0.0266. The number of aryl methyl sites for hydroxylation is 1. The molecule has 0 radical (unpaired) electrons. The highest BCUT2D eigenvalue weighted by atomic mass is 16.5. The fourth-order valence-electron chi connectivity index (χ4n) is 3.83. The molecule has 0 unspecified atom stereocenters. The number of pyridine rings is 1. The molecule has 1 aromatic carbocycles. The Bertz CT molecular complexity index is 957. The number of benzene rings is 1. The molecule has 7 nitrogen and oxygen atoms in total. The minimum atomic E-state index is -1.29. The molecule has 2 aromatic rings. The number of hydrogen-bond acceptors (Lipinski definition) is 4. The van der Waals surface area contributed by atoms with Gasteiger partial charge in [0.2, 0.25) is 0 Å². The summed E-state index contributed by atoms with van der Waals surface area (Å²) in [7, 11) is 1.56. The Balaban J connectivity index is 2.07. The topological polar surface area (TPSA) is 97.6 Å². The third-order valence-corrected chi connectivity index (χ3v) is 5.50. The number of hydrogen-bond donors (Lipinski definition) is 2. The van der Waals surface area contributed by atoms with Gasteiger partial charge in [-0.25, -0.2) is 4.79 Å². The van der Waals surface area contributed by atoms with Crippen molar-refractivity contribution >= 4 is 22.8 Å². The van der Waals surface area contributed by atoms with Crippen molar-refractivity contribution in [3.63, 3.8) is 0 Å². The lowest BCUT2D eigenvalue weighted by atomic mass is 9.97. The SMILES string of the molecule is CCCCn1c(=O)c(C(=O)NC2(C(=O)O)CCCC2)cc2ccc(OC)cc21. The fourth-order valence-corrected chi connectivity index (χ4v) is 3.83. The fraction of sp³-hybridized carbons (Fsp3) is 0.476. The number of carbonyl (C=O) groups excluding carboxylic acids is 1. The summed E-state index contributed by atoms with van der Waals surface area (Å²) < 4.78 is 6.85. The Labute approximate surface area is 163 Å². The van der Waals surface area contributed by atoms with Gasteiger partial charge in [0.05, 0.1) is 12.6 Å². The summed E-state index contributed by atoms with van der Waals surface area (Å²) in [6.07, 6.45) is 3.92. The Morgan fingerprint density at radius 3 is 2.57 bits per heavy atom. The van der Waals surface area contributed by atoms with Crippen LogP contribution in [0.3, 0.4) is 0 Å². The molecule has 0 spiro atoms. The van der Waals surface area contributed by atoms with E-state index in [1.54, 1.807) is 35.9 Å². The van der Waals surface area contributed by atoms with Gasteiger partial charge in [0, 0.05) is 12.6 Å². The van der Waals surface area contributed by atoms with Gasteiger partial charge < -0.3 is 19.7 Å². The molecule has 28 heavy (non-hydrogen) atoms. The Kier molecular flexibility index (Phi) is 5.72. The number of fused-ring (bicyclic) bond motifs is 1. The van der Waals surface area contributed by atoms with Gasteiger partial charge in [0.25, 0.3) is 11.5 Å². The van der Waals surface area contributed by atoms with Crippen molar-refractivity contribution in [2.24, 2.45) is 0 Å². The van der Waals surface area contributed by atoms with Crippen LogP contribution in [-0.4, -0.2) is 34.2 Å². The Morgan fingerprint density at radius 2 is 1.96 bits per heavy atom. The number of carbonyl (C=O) groups is 2. The molecule has 0 aliphatic heterocycles. The molecular weight excluding hydrogens is 360 g/mol. The number of unbranched alkanes of at least 4 members (excludes halogenated alkanes) is 1. The molecule has 7 heteroatoms. The van der Waals surface area contributed by atoms with E-state index in [0.717, 1.165) is 31.1 Å². The second-order valence-electron chi connectivity index (χ2n) is 7.34. The van der Waals surface area contributed by atoms with Gasteiger partial charge in [-0.15, -0.1) is 0 Å². The van der Waals surface area contributed by atoms with Crippen molar-refractivity contribution in [2.45, 2.75) is 57.5 Å². The van der Waals surface area contributed by atoms with E-state index < -0.39 is 23.0 Å². The van der Waals surface area contributed by atoms with Crippen LogP contribution in [0.15, 0.2) is 29.1 Å². The highest BCUT2D eigenvalue weighted by Crippen LogP contribution is 2.30. The number of amides is 1. The summed E-state index contributed by atoms with van der Waals surface area (Å²) >= 11 is 0. The van der Waals surface area contributed by atoms with E-state index >= 15 is 0 Å². The van der Waals surface area contributed by atoms with Crippen LogP contribution in [0.5, 0.6) is 5.75 Å². The molecule has 0 atom stereocenters. The van der Waals surface area contributed by atoms with Crippen molar-refractivity contribution in [1.82, 2.24) is 9.88 Å². The lowest BCUT2D eigenvalue weighted by Gasteiger charge is -2.25. The summed E-state index contributed by atoms with van der Waals surface area (Å²) in [6.45, 7) is 2.51. The zero-order valence-electron chi connectivity index (χ0n) is 16.3. The predicted octanol–water partition coefficient (Wildman–Crippen LogP) is 2.94. The molecule has 1 aliphatic rings. The van der Waals surface area contributed by atoms with Gasteiger partial charge in [0.1, 0.15) is 16.9 Å². The molecule has 1 amide bonds.